The Morgan fingerprint density at radius 1 is 0.483 bits per heavy atom. The molecule has 0 amide bonds. The third kappa shape index (κ3) is 1.67. The van der Waals surface area contributed by atoms with Crippen LogP contribution in [-0.2, 0) is 44.2 Å². The molecule has 2 nitrogen and oxygen atoms in total. The molecule has 2 heteroatoms. The van der Waals surface area contributed by atoms with Gasteiger partial charge in [-0.25, -0.2) is 0 Å². The smallest absolute Gasteiger partial charge is 0.129 e. The molecular weight excluding hydrogens is 352 g/mol. The van der Waals surface area contributed by atoms with Crippen molar-refractivity contribution in [1.29, 1.82) is 0 Å². The summed E-state index contributed by atoms with van der Waals surface area (Å²) in [6.45, 7) is 0. The SMILES string of the molecule is c1cc2c3c(c1)Cc1ccc4n1C1(C3)Cc3c(cccc3C4)Cc3ccc(n31)C2. The number of nitrogens with zero attached hydrogens (tertiary/aromatic N) is 2. The maximum Gasteiger partial charge on any atom is 0.129 e. The summed E-state index contributed by atoms with van der Waals surface area (Å²) in [4.78, 5) is 0. The predicted octanol–water partition coefficient (Wildman–Crippen LogP) is 4.59. The lowest BCUT2D eigenvalue weighted by atomic mass is 9.87. The molecule has 4 aromatic rings. The minimum absolute atomic E-state index is 0.0436. The first-order chi connectivity index (χ1) is 14.3. The second-order valence-electron chi connectivity index (χ2n) is 9.46. The third-order valence-electron chi connectivity index (χ3n) is 8.06. The van der Waals surface area contributed by atoms with E-state index in [0.29, 0.717) is 0 Å². The maximum atomic E-state index is 2.77. The van der Waals surface area contributed by atoms with Crippen molar-refractivity contribution in [1.82, 2.24) is 9.13 Å². The molecule has 0 fully saturated rings. The van der Waals surface area contributed by atoms with E-state index in [1.165, 1.54) is 45.0 Å². The highest BCUT2D eigenvalue weighted by Gasteiger charge is 2.47. The third-order valence-corrected chi connectivity index (χ3v) is 8.06. The Balaban J connectivity index is 1.60. The fraction of sp³-hybridized carbons (Fsp3) is 0.259. The molecule has 4 aliphatic heterocycles. The van der Waals surface area contributed by atoms with Gasteiger partial charge in [-0.2, -0.15) is 0 Å². The first-order valence-electron chi connectivity index (χ1n) is 10.9. The van der Waals surface area contributed by atoms with Crippen molar-refractivity contribution in [3.05, 3.63) is 117 Å². The first-order valence-corrected chi connectivity index (χ1v) is 10.9. The summed E-state index contributed by atoms with van der Waals surface area (Å²) in [5.41, 5.74) is 15.3. The van der Waals surface area contributed by atoms with Crippen molar-refractivity contribution in [2.24, 2.45) is 0 Å². The molecule has 0 atom stereocenters. The molecule has 0 N–H and O–H groups in total. The standard InChI is InChI=1S/C27H22N2/c1-3-17-11-21-7-9-23-13-19-5-2-6-20-14-24-10-8-22-12-18(4-1)25(17)15-27(28(21)23,29(22)24)16-26(19)20/h1-10H,11-16H2. The first kappa shape index (κ1) is 14.9. The van der Waals surface area contributed by atoms with Gasteiger partial charge in [-0.15, -0.1) is 0 Å². The molecule has 140 valence electrons. The van der Waals surface area contributed by atoms with Gasteiger partial charge in [-0.1, -0.05) is 36.4 Å². The molecule has 2 aromatic heterocycles. The summed E-state index contributed by atoms with van der Waals surface area (Å²) < 4.78 is 5.54. The maximum absolute atomic E-state index is 2.77. The van der Waals surface area contributed by atoms with Crippen LogP contribution >= 0.6 is 0 Å². The Morgan fingerprint density at radius 2 is 0.828 bits per heavy atom. The van der Waals surface area contributed by atoms with Gasteiger partial charge in [0.2, 0.25) is 0 Å². The second-order valence-corrected chi connectivity index (χ2v) is 9.46. The minimum atomic E-state index is -0.0436. The monoisotopic (exact) mass is 374 g/mol. The predicted molar refractivity (Wildman–Crippen MR) is 114 cm³/mol. The lowest BCUT2D eigenvalue weighted by Gasteiger charge is -2.39. The van der Waals surface area contributed by atoms with Gasteiger partial charge in [0.15, 0.2) is 0 Å². The Labute approximate surface area is 170 Å². The highest BCUT2D eigenvalue weighted by Crippen LogP contribution is 2.47. The molecule has 2 aromatic carbocycles. The number of hydrogen-bond donors (Lipinski definition) is 0. The van der Waals surface area contributed by atoms with Gasteiger partial charge in [-0.05, 0) is 57.6 Å². The minimum Gasteiger partial charge on any atom is -0.324 e. The lowest BCUT2D eigenvalue weighted by Crippen LogP contribution is -2.46. The Kier molecular flexibility index (Phi) is 2.45. The Bertz CT molecular complexity index is 1170. The van der Waals surface area contributed by atoms with Crippen molar-refractivity contribution in [2.45, 2.75) is 44.2 Å². The van der Waals surface area contributed by atoms with E-state index in [1.54, 1.807) is 11.1 Å². The molecule has 8 rings (SSSR count). The van der Waals surface area contributed by atoms with Gasteiger partial charge in [0.25, 0.3) is 0 Å². The van der Waals surface area contributed by atoms with E-state index >= 15 is 0 Å². The summed E-state index contributed by atoms with van der Waals surface area (Å²) in [5, 5.41) is 0. The van der Waals surface area contributed by atoms with Crippen LogP contribution in [0.15, 0.2) is 60.7 Å². The molecule has 3 bridgehead atoms. The lowest BCUT2D eigenvalue weighted by molar-refractivity contribution is 0.217. The zero-order valence-electron chi connectivity index (χ0n) is 16.4. The number of hydrogen-bond acceptors (Lipinski definition) is 0. The van der Waals surface area contributed by atoms with E-state index in [1.807, 2.05) is 0 Å². The van der Waals surface area contributed by atoms with Gasteiger partial charge in [0.05, 0.1) is 0 Å². The zero-order chi connectivity index (χ0) is 18.7. The van der Waals surface area contributed by atoms with Crippen LogP contribution in [-0.4, -0.2) is 9.13 Å². The molecule has 29 heavy (non-hydrogen) atoms. The van der Waals surface area contributed by atoms with Crippen LogP contribution in [0.1, 0.15) is 56.2 Å². The highest BCUT2D eigenvalue weighted by molar-refractivity contribution is 5.52. The van der Waals surface area contributed by atoms with Crippen molar-refractivity contribution in [3.63, 3.8) is 0 Å². The average Bonchev–Trinajstić information content (AvgIpc) is 3.12. The van der Waals surface area contributed by atoms with E-state index in [4.69, 9.17) is 0 Å². The van der Waals surface area contributed by atoms with E-state index in [9.17, 15) is 0 Å². The van der Waals surface area contributed by atoms with E-state index in [2.05, 4.69) is 69.8 Å². The topological polar surface area (TPSA) is 9.86 Å². The van der Waals surface area contributed by atoms with Crippen LogP contribution in [0.4, 0.5) is 0 Å². The van der Waals surface area contributed by atoms with Gasteiger partial charge in [0, 0.05) is 61.3 Å². The van der Waals surface area contributed by atoms with Gasteiger partial charge < -0.3 is 9.13 Å². The zero-order valence-corrected chi connectivity index (χ0v) is 16.4. The van der Waals surface area contributed by atoms with Crippen molar-refractivity contribution in [3.8, 4) is 0 Å². The fourth-order valence-electron chi connectivity index (χ4n) is 6.99. The van der Waals surface area contributed by atoms with Crippen LogP contribution in [0.5, 0.6) is 0 Å². The number of aromatic nitrogens is 2. The second kappa shape index (κ2) is 4.76. The quantitative estimate of drug-likeness (QED) is 0.375. The molecule has 0 unspecified atom stereocenters. The van der Waals surface area contributed by atoms with Crippen molar-refractivity contribution < 1.29 is 0 Å². The van der Waals surface area contributed by atoms with Gasteiger partial charge >= 0.3 is 0 Å². The molecule has 0 aliphatic carbocycles. The van der Waals surface area contributed by atoms with E-state index < -0.39 is 0 Å². The van der Waals surface area contributed by atoms with Crippen LogP contribution in [0, 0.1) is 0 Å². The summed E-state index contributed by atoms with van der Waals surface area (Å²) in [7, 11) is 0. The fourth-order valence-corrected chi connectivity index (χ4v) is 6.99. The average molecular weight is 374 g/mol. The van der Waals surface area contributed by atoms with E-state index in [0.717, 1.165) is 38.5 Å². The van der Waals surface area contributed by atoms with Gasteiger partial charge in [-0.3, -0.25) is 0 Å². The highest BCUT2D eigenvalue weighted by atomic mass is 15.3. The Hall–Kier alpha value is -3.00. The summed E-state index contributed by atoms with van der Waals surface area (Å²) >= 11 is 0. The number of rotatable bonds is 0. The molecular formula is C27H22N2. The summed E-state index contributed by atoms with van der Waals surface area (Å²) in [6, 6.07) is 23.7. The Morgan fingerprint density at radius 3 is 1.17 bits per heavy atom. The molecule has 0 saturated carbocycles. The van der Waals surface area contributed by atoms with Crippen LogP contribution in [0.25, 0.3) is 0 Å². The molecule has 0 radical (unpaired) electrons. The van der Waals surface area contributed by atoms with Crippen LogP contribution in [0.2, 0.25) is 0 Å². The van der Waals surface area contributed by atoms with Crippen molar-refractivity contribution >= 4 is 0 Å². The molecule has 1 spiro atoms. The molecule has 4 aliphatic rings. The van der Waals surface area contributed by atoms with Gasteiger partial charge in [0.1, 0.15) is 5.66 Å². The van der Waals surface area contributed by atoms with Crippen molar-refractivity contribution in [2.75, 3.05) is 0 Å². The molecule has 0 saturated heterocycles. The number of benzene rings is 2. The van der Waals surface area contributed by atoms with Crippen LogP contribution < -0.4 is 0 Å². The van der Waals surface area contributed by atoms with Crippen LogP contribution in [0.3, 0.4) is 0 Å². The molecule has 6 heterocycles. The largest absolute Gasteiger partial charge is 0.324 e. The van der Waals surface area contributed by atoms with E-state index in [-0.39, 0.29) is 5.66 Å². The summed E-state index contributed by atoms with van der Waals surface area (Å²) in [5.74, 6) is 0. The normalized spacial score (nSPS) is 18.5. The summed E-state index contributed by atoms with van der Waals surface area (Å²) in [6.07, 6.45) is 6.44.